The van der Waals surface area contributed by atoms with E-state index in [2.05, 4.69) is 25.7 Å². The van der Waals surface area contributed by atoms with Crippen LogP contribution in [-0.2, 0) is 0 Å². The lowest BCUT2D eigenvalue weighted by atomic mass is 10.2. The topological polar surface area (TPSA) is 93.7 Å². The molecule has 0 fully saturated rings. The Labute approximate surface area is 121 Å². The van der Waals surface area contributed by atoms with Crippen LogP contribution in [0, 0.1) is 6.92 Å². The molecular weight excluding hydrogens is 266 g/mol. The van der Waals surface area contributed by atoms with Gasteiger partial charge in [0, 0.05) is 24.1 Å². The fourth-order valence-corrected chi connectivity index (χ4v) is 1.92. The summed E-state index contributed by atoms with van der Waals surface area (Å²) in [5, 5.41) is 3.20. The van der Waals surface area contributed by atoms with Gasteiger partial charge in [0.05, 0.1) is 0 Å². The average molecular weight is 281 g/mol. The number of rotatable bonds is 4. The first kappa shape index (κ1) is 13.1. The molecule has 0 spiro atoms. The molecule has 3 rings (SSSR count). The molecule has 0 aliphatic heterocycles. The number of para-hydroxylation sites is 1. The molecule has 7 heteroatoms. The van der Waals surface area contributed by atoms with Crippen molar-refractivity contribution in [3.8, 4) is 5.82 Å². The summed E-state index contributed by atoms with van der Waals surface area (Å²) in [5.41, 5.74) is 4.60. The number of nitrogens with two attached hydrogens (primary N) is 1. The van der Waals surface area contributed by atoms with Crippen LogP contribution in [0.1, 0.15) is 5.56 Å². The van der Waals surface area contributed by atoms with Gasteiger partial charge in [-0.25, -0.2) is 10.8 Å². The quantitative estimate of drug-likeness (QED) is 0.500. The van der Waals surface area contributed by atoms with Crippen LogP contribution in [0.2, 0.25) is 0 Å². The molecule has 2 aromatic heterocycles. The molecule has 0 saturated heterocycles. The number of nitrogens with zero attached hydrogens (tertiary/aromatic N) is 4. The zero-order valence-electron chi connectivity index (χ0n) is 11.5. The molecule has 106 valence electrons. The van der Waals surface area contributed by atoms with Crippen LogP contribution in [0.4, 0.5) is 17.5 Å². The predicted octanol–water partition coefficient (Wildman–Crippen LogP) is 2.00. The molecule has 21 heavy (non-hydrogen) atoms. The van der Waals surface area contributed by atoms with Gasteiger partial charge < -0.3 is 10.7 Å². The van der Waals surface area contributed by atoms with Gasteiger partial charge in [0.2, 0.25) is 5.95 Å². The lowest BCUT2D eigenvalue weighted by molar-refractivity contribution is 0.973. The monoisotopic (exact) mass is 281 g/mol. The van der Waals surface area contributed by atoms with Gasteiger partial charge in [0.25, 0.3) is 0 Å². The van der Waals surface area contributed by atoms with Crippen molar-refractivity contribution in [2.24, 2.45) is 5.84 Å². The first-order chi connectivity index (χ1) is 10.3. The van der Waals surface area contributed by atoms with Crippen LogP contribution >= 0.6 is 0 Å². The lowest BCUT2D eigenvalue weighted by Crippen LogP contribution is -2.12. The average Bonchev–Trinajstić information content (AvgIpc) is 3.04. The normalized spacial score (nSPS) is 10.4. The van der Waals surface area contributed by atoms with Crippen LogP contribution in [0.25, 0.3) is 5.82 Å². The molecule has 4 N–H and O–H groups in total. The molecule has 7 nitrogen and oxygen atoms in total. The summed E-state index contributed by atoms with van der Waals surface area (Å²) in [6, 6.07) is 9.67. The molecule has 0 aliphatic carbocycles. The summed E-state index contributed by atoms with van der Waals surface area (Å²) in [6.07, 6.45) is 5.16. The van der Waals surface area contributed by atoms with Gasteiger partial charge in [-0.2, -0.15) is 9.97 Å². The highest BCUT2D eigenvalue weighted by atomic mass is 15.3. The van der Waals surface area contributed by atoms with Crippen molar-refractivity contribution in [1.82, 2.24) is 19.5 Å². The summed E-state index contributed by atoms with van der Waals surface area (Å²) >= 11 is 0. The Kier molecular flexibility index (Phi) is 3.48. The molecule has 0 radical (unpaired) electrons. The molecular formula is C14H15N7. The van der Waals surface area contributed by atoms with Gasteiger partial charge in [0.15, 0.2) is 0 Å². The molecule has 0 amide bonds. The van der Waals surface area contributed by atoms with E-state index in [9.17, 15) is 0 Å². The van der Waals surface area contributed by atoms with E-state index in [1.54, 1.807) is 29.4 Å². The number of nitrogen functional groups attached to an aromatic ring is 1. The number of aromatic nitrogens is 4. The Morgan fingerprint density at radius 3 is 2.76 bits per heavy atom. The Morgan fingerprint density at radius 1 is 1.19 bits per heavy atom. The Bertz CT molecular complexity index is 737. The number of imidazole rings is 1. The van der Waals surface area contributed by atoms with Gasteiger partial charge in [-0.1, -0.05) is 18.2 Å². The van der Waals surface area contributed by atoms with Crippen molar-refractivity contribution in [3.05, 3.63) is 54.6 Å². The zero-order valence-corrected chi connectivity index (χ0v) is 11.5. The highest BCUT2D eigenvalue weighted by Crippen LogP contribution is 2.20. The number of hydrogen-bond acceptors (Lipinski definition) is 6. The molecule has 2 heterocycles. The van der Waals surface area contributed by atoms with Gasteiger partial charge in [0.1, 0.15) is 18.0 Å². The van der Waals surface area contributed by atoms with Crippen LogP contribution in [0.5, 0.6) is 0 Å². The van der Waals surface area contributed by atoms with E-state index < -0.39 is 0 Å². The van der Waals surface area contributed by atoms with Crippen LogP contribution in [-0.4, -0.2) is 19.5 Å². The second-order valence-corrected chi connectivity index (χ2v) is 4.49. The summed E-state index contributed by atoms with van der Waals surface area (Å²) < 4.78 is 1.78. The molecule has 0 saturated carbocycles. The predicted molar refractivity (Wildman–Crippen MR) is 81.4 cm³/mol. The van der Waals surface area contributed by atoms with Crippen molar-refractivity contribution < 1.29 is 0 Å². The summed E-state index contributed by atoms with van der Waals surface area (Å²) in [7, 11) is 0. The molecule has 0 atom stereocenters. The van der Waals surface area contributed by atoms with Gasteiger partial charge in [-0.05, 0) is 18.6 Å². The van der Waals surface area contributed by atoms with Crippen molar-refractivity contribution in [2.45, 2.75) is 6.92 Å². The van der Waals surface area contributed by atoms with Crippen molar-refractivity contribution in [2.75, 3.05) is 10.7 Å². The number of hydrogen-bond donors (Lipinski definition) is 3. The highest BCUT2D eigenvalue weighted by molar-refractivity contribution is 5.60. The molecule has 0 aliphatic rings. The maximum Gasteiger partial charge on any atom is 0.231 e. The van der Waals surface area contributed by atoms with Crippen molar-refractivity contribution in [1.29, 1.82) is 0 Å². The minimum Gasteiger partial charge on any atom is -0.324 e. The number of benzene rings is 1. The van der Waals surface area contributed by atoms with E-state index in [1.807, 2.05) is 31.2 Å². The minimum atomic E-state index is 0.462. The summed E-state index contributed by atoms with van der Waals surface area (Å²) in [6.45, 7) is 2.02. The third kappa shape index (κ3) is 2.82. The van der Waals surface area contributed by atoms with E-state index >= 15 is 0 Å². The third-order valence-electron chi connectivity index (χ3n) is 3.02. The van der Waals surface area contributed by atoms with E-state index in [0.717, 1.165) is 11.3 Å². The highest BCUT2D eigenvalue weighted by Gasteiger charge is 2.07. The molecule has 0 bridgehead atoms. The van der Waals surface area contributed by atoms with Crippen LogP contribution in [0.3, 0.4) is 0 Å². The summed E-state index contributed by atoms with van der Waals surface area (Å²) in [5.74, 6) is 7.12. The van der Waals surface area contributed by atoms with Gasteiger partial charge in [-0.3, -0.25) is 4.57 Å². The van der Waals surface area contributed by atoms with Crippen LogP contribution in [0.15, 0.2) is 49.1 Å². The Balaban J connectivity index is 1.99. The van der Waals surface area contributed by atoms with E-state index in [1.165, 1.54) is 0 Å². The zero-order chi connectivity index (χ0) is 14.7. The van der Waals surface area contributed by atoms with E-state index in [0.29, 0.717) is 17.6 Å². The third-order valence-corrected chi connectivity index (χ3v) is 3.02. The molecule has 3 aromatic rings. The minimum absolute atomic E-state index is 0.462. The second kappa shape index (κ2) is 5.59. The van der Waals surface area contributed by atoms with Crippen LogP contribution < -0.4 is 16.6 Å². The SMILES string of the molecule is Cc1ccccc1Nc1nc(NN)cc(-n2ccnc2)n1. The standard InChI is InChI=1S/C14H15N7/c1-10-4-2-3-5-11(10)17-14-18-12(20-15)8-13(19-14)21-7-6-16-9-21/h2-9H,15H2,1H3,(H2,17,18,19,20). The van der Waals surface area contributed by atoms with E-state index in [4.69, 9.17) is 5.84 Å². The Hall–Kier alpha value is -2.93. The fraction of sp³-hybridized carbons (Fsp3) is 0.0714. The second-order valence-electron chi connectivity index (χ2n) is 4.49. The van der Waals surface area contributed by atoms with Crippen molar-refractivity contribution >= 4 is 17.5 Å². The van der Waals surface area contributed by atoms with Gasteiger partial charge in [-0.15, -0.1) is 0 Å². The number of anilines is 3. The van der Waals surface area contributed by atoms with E-state index in [-0.39, 0.29) is 0 Å². The largest absolute Gasteiger partial charge is 0.324 e. The van der Waals surface area contributed by atoms with Crippen molar-refractivity contribution in [3.63, 3.8) is 0 Å². The Morgan fingerprint density at radius 2 is 2.05 bits per heavy atom. The lowest BCUT2D eigenvalue weighted by Gasteiger charge is -2.11. The number of aryl methyl sites for hydroxylation is 1. The number of hydrazine groups is 1. The smallest absolute Gasteiger partial charge is 0.231 e. The maximum atomic E-state index is 5.47. The summed E-state index contributed by atoms with van der Waals surface area (Å²) in [4.78, 5) is 12.8. The fourth-order valence-electron chi connectivity index (χ4n) is 1.92. The number of nitrogens with one attached hydrogen (secondary N) is 2. The molecule has 0 unspecified atom stereocenters. The van der Waals surface area contributed by atoms with Gasteiger partial charge >= 0.3 is 0 Å². The first-order valence-corrected chi connectivity index (χ1v) is 6.43. The first-order valence-electron chi connectivity index (χ1n) is 6.43. The molecule has 1 aromatic carbocycles. The maximum absolute atomic E-state index is 5.47.